The molecule has 0 saturated carbocycles. The predicted octanol–water partition coefficient (Wildman–Crippen LogP) is 2.27. The average molecular weight is 381 g/mol. The zero-order valence-corrected chi connectivity index (χ0v) is 15.4. The molecule has 27 heavy (non-hydrogen) atoms. The fourth-order valence-electron chi connectivity index (χ4n) is 2.45. The summed E-state index contributed by atoms with van der Waals surface area (Å²) >= 11 is 1.25. The molecule has 8 heteroatoms. The molecule has 3 aromatic rings. The van der Waals surface area contributed by atoms with Crippen molar-refractivity contribution in [1.29, 1.82) is 0 Å². The third-order valence-electron chi connectivity index (χ3n) is 3.77. The second-order valence-electron chi connectivity index (χ2n) is 5.69. The van der Waals surface area contributed by atoms with E-state index in [0.717, 1.165) is 11.4 Å². The van der Waals surface area contributed by atoms with Crippen molar-refractivity contribution in [2.75, 3.05) is 17.2 Å². The third-order valence-corrected chi connectivity index (χ3v) is 4.60. The van der Waals surface area contributed by atoms with E-state index >= 15 is 0 Å². The van der Waals surface area contributed by atoms with E-state index in [1.165, 1.54) is 11.8 Å². The standard InChI is InChI=1S/C19H19N5O2S/c20-17(25)11-12-23(15-7-3-1-4-8-15)18(26)13-27-19-21-14-24(22-19)16-9-5-2-6-10-16/h1-10,14H,11-13H2,(H2,20,25). The summed E-state index contributed by atoms with van der Waals surface area (Å²) in [6, 6.07) is 18.8. The topological polar surface area (TPSA) is 94.1 Å². The molecule has 0 spiro atoms. The Hall–Kier alpha value is -3.13. The van der Waals surface area contributed by atoms with E-state index in [1.54, 1.807) is 15.9 Å². The first kappa shape index (κ1) is 18.7. The van der Waals surface area contributed by atoms with Crippen molar-refractivity contribution in [2.24, 2.45) is 5.73 Å². The molecule has 0 saturated heterocycles. The van der Waals surface area contributed by atoms with Crippen LogP contribution in [0.25, 0.3) is 5.69 Å². The van der Waals surface area contributed by atoms with Gasteiger partial charge in [0.15, 0.2) is 0 Å². The van der Waals surface area contributed by atoms with Crippen LogP contribution in [0.15, 0.2) is 72.1 Å². The van der Waals surface area contributed by atoms with Crippen molar-refractivity contribution in [2.45, 2.75) is 11.6 Å². The molecule has 0 aliphatic rings. The highest BCUT2D eigenvalue weighted by Gasteiger charge is 2.17. The minimum atomic E-state index is -0.445. The van der Waals surface area contributed by atoms with Crippen LogP contribution in [0.5, 0.6) is 0 Å². The number of hydrogen-bond acceptors (Lipinski definition) is 5. The molecule has 7 nitrogen and oxygen atoms in total. The first-order valence-electron chi connectivity index (χ1n) is 8.37. The molecule has 0 bridgehead atoms. The van der Waals surface area contributed by atoms with Gasteiger partial charge in [0.05, 0.1) is 11.4 Å². The Morgan fingerprint density at radius 1 is 1.04 bits per heavy atom. The van der Waals surface area contributed by atoms with E-state index < -0.39 is 5.91 Å². The van der Waals surface area contributed by atoms with Crippen LogP contribution in [0.2, 0.25) is 0 Å². The first-order chi connectivity index (χ1) is 13.1. The maximum atomic E-state index is 12.7. The normalized spacial score (nSPS) is 10.5. The highest BCUT2D eigenvalue weighted by molar-refractivity contribution is 7.99. The number of carbonyl (C=O) groups excluding carboxylic acids is 2. The van der Waals surface area contributed by atoms with Crippen LogP contribution in [0.1, 0.15) is 6.42 Å². The predicted molar refractivity (Wildman–Crippen MR) is 105 cm³/mol. The maximum absolute atomic E-state index is 12.7. The molecule has 2 amide bonds. The summed E-state index contributed by atoms with van der Waals surface area (Å²) in [7, 11) is 0. The second-order valence-corrected chi connectivity index (χ2v) is 6.64. The Labute approximate surface area is 161 Å². The van der Waals surface area contributed by atoms with Gasteiger partial charge in [0.2, 0.25) is 17.0 Å². The fraction of sp³-hybridized carbons (Fsp3) is 0.158. The van der Waals surface area contributed by atoms with Gasteiger partial charge in [0, 0.05) is 18.7 Å². The summed E-state index contributed by atoms with van der Waals surface area (Å²) in [6.07, 6.45) is 1.72. The zero-order valence-electron chi connectivity index (χ0n) is 14.6. The van der Waals surface area contributed by atoms with Gasteiger partial charge < -0.3 is 10.6 Å². The minimum Gasteiger partial charge on any atom is -0.370 e. The lowest BCUT2D eigenvalue weighted by Gasteiger charge is -2.22. The molecule has 3 rings (SSSR count). The van der Waals surface area contributed by atoms with Crippen molar-refractivity contribution >= 4 is 29.3 Å². The molecule has 1 heterocycles. The summed E-state index contributed by atoms with van der Waals surface area (Å²) in [5.41, 5.74) is 6.86. The number of nitrogens with zero attached hydrogens (tertiary/aromatic N) is 4. The van der Waals surface area contributed by atoms with Crippen molar-refractivity contribution in [3.05, 3.63) is 67.0 Å². The fourth-order valence-corrected chi connectivity index (χ4v) is 3.13. The van der Waals surface area contributed by atoms with Crippen molar-refractivity contribution in [1.82, 2.24) is 14.8 Å². The van der Waals surface area contributed by atoms with Crippen LogP contribution in [-0.2, 0) is 9.59 Å². The Morgan fingerprint density at radius 2 is 1.70 bits per heavy atom. The Bertz CT molecular complexity index is 899. The molecule has 138 valence electrons. The number of amides is 2. The van der Waals surface area contributed by atoms with Gasteiger partial charge >= 0.3 is 0 Å². The van der Waals surface area contributed by atoms with Crippen LogP contribution in [0, 0.1) is 0 Å². The van der Waals surface area contributed by atoms with Crippen LogP contribution in [0.4, 0.5) is 5.69 Å². The van der Waals surface area contributed by atoms with Gasteiger partial charge in [-0.2, -0.15) is 0 Å². The van der Waals surface area contributed by atoms with E-state index in [-0.39, 0.29) is 24.6 Å². The van der Waals surface area contributed by atoms with Gasteiger partial charge in [0.1, 0.15) is 6.33 Å². The van der Waals surface area contributed by atoms with Crippen molar-refractivity contribution < 1.29 is 9.59 Å². The molecular formula is C19H19N5O2S. The van der Waals surface area contributed by atoms with Crippen LogP contribution in [-0.4, -0.2) is 38.9 Å². The number of nitrogens with two attached hydrogens (primary N) is 1. The van der Waals surface area contributed by atoms with Crippen LogP contribution in [0.3, 0.4) is 0 Å². The Balaban J connectivity index is 1.65. The molecule has 2 N–H and O–H groups in total. The van der Waals surface area contributed by atoms with Crippen LogP contribution < -0.4 is 10.6 Å². The zero-order chi connectivity index (χ0) is 19.1. The first-order valence-corrected chi connectivity index (χ1v) is 9.35. The van der Waals surface area contributed by atoms with E-state index in [4.69, 9.17) is 5.73 Å². The van der Waals surface area contributed by atoms with Gasteiger partial charge in [-0.1, -0.05) is 48.2 Å². The van der Waals surface area contributed by atoms with E-state index in [0.29, 0.717) is 5.16 Å². The third kappa shape index (κ3) is 5.18. The number of hydrogen-bond donors (Lipinski definition) is 1. The molecule has 1 aromatic heterocycles. The minimum absolute atomic E-state index is 0.103. The van der Waals surface area contributed by atoms with Gasteiger partial charge in [-0.25, -0.2) is 9.67 Å². The monoisotopic (exact) mass is 381 g/mol. The number of aromatic nitrogens is 3. The summed E-state index contributed by atoms with van der Waals surface area (Å²) in [5, 5.41) is 4.89. The lowest BCUT2D eigenvalue weighted by molar-refractivity contribution is -0.118. The van der Waals surface area contributed by atoms with Crippen molar-refractivity contribution in [3.63, 3.8) is 0 Å². The summed E-state index contributed by atoms with van der Waals surface area (Å²) < 4.78 is 1.66. The van der Waals surface area contributed by atoms with Gasteiger partial charge in [-0.05, 0) is 24.3 Å². The molecule has 0 atom stereocenters. The highest BCUT2D eigenvalue weighted by atomic mass is 32.2. The molecule has 0 radical (unpaired) electrons. The number of rotatable bonds is 8. The molecule has 0 fully saturated rings. The Morgan fingerprint density at radius 3 is 2.37 bits per heavy atom. The maximum Gasteiger partial charge on any atom is 0.237 e. The average Bonchev–Trinajstić information content (AvgIpc) is 3.17. The number of thioether (sulfide) groups is 1. The number of para-hydroxylation sites is 2. The van der Waals surface area contributed by atoms with E-state index in [2.05, 4.69) is 10.1 Å². The van der Waals surface area contributed by atoms with Gasteiger partial charge in [0.25, 0.3) is 0 Å². The number of anilines is 1. The molecule has 2 aromatic carbocycles. The second kappa shape index (κ2) is 9.00. The largest absolute Gasteiger partial charge is 0.370 e. The van der Waals surface area contributed by atoms with E-state index in [9.17, 15) is 9.59 Å². The Kier molecular flexibility index (Phi) is 6.22. The van der Waals surface area contributed by atoms with Crippen molar-refractivity contribution in [3.8, 4) is 5.69 Å². The lowest BCUT2D eigenvalue weighted by Crippen LogP contribution is -2.35. The van der Waals surface area contributed by atoms with E-state index in [1.807, 2.05) is 60.7 Å². The smallest absolute Gasteiger partial charge is 0.237 e. The molecule has 0 aliphatic heterocycles. The molecule has 0 unspecified atom stereocenters. The summed E-state index contributed by atoms with van der Waals surface area (Å²) in [5.74, 6) is -0.421. The van der Waals surface area contributed by atoms with Gasteiger partial charge in [-0.15, -0.1) is 5.10 Å². The quantitative estimate of drug-likeness (QED) is 0.604. The highest BCUT2D eigenvalue weighted by Crippen LogP contribution is 2.19. The molecular weight excluding hydrogens is 362 g/mol. The number of benzene rings is 2. The van der Waals surface area contributed by atoms with Gasteiger partial charge in [-0.3, -0.25) is 9.59 Å². The number of carbonyl (C=O) groups is 2. The number of primary amides is 1. The lowest BCUT2D eigenvalue weighted by atomic mass is 10.2. The molecule has 0 aliphatic carbocycles. The van der Waals surface area contributed by atoms with Crippen LogP contribution >= 0.6 is 11.8 Å². The summed E-state index contributed by atoms with van der Waals surface area (Å²) in [6.45, 7) is 0.241. The summed E-state index contributed by atoms with van der Waals surface area (Å²) in [4.78, 5) is 29.6. The SMILES string of the molecule is NC(=O)CCN(C(=O)CSc1ncn(-c2ccccc2)n1)c1ccccc1.